The number of pyridine rings is 1. The lowest BCUT2D eigenvalue weighted by molar-refractivity contribution is 0.617. The van der Waals surface area contributed by atoms with Gasteiger partial charge >= 0.3 is 0 Å². The highest BCUT2D eigenvalue weighted by atomic mass is 127. The molecular formula is C7H3FI2N2. The van der Waals surface area contributed by atoms with Crippen molar-refractivity contribution in [3.63, 3.8) is 0 Å². The standard InChI is InChI=1S/C7H3FI2N2/c8-3-1-11-7-5(6(3)10)4(9)2-12-7/h1-2H,(H,11,12). The summed E-state index contributed by atoms with van der Waals surface area (Å²) < 4.78 is 14.6. The maximum atomic E-state index is 13.0. The van der Waals surface area contributed by atoms with E-state index in [1.165, 1.54) is 6.20 Å². The largest absolute Gasteiger partial charge is 0.345 e. The van der Waals surface area contributed by atoms with Crippen LogP contribution in [0.1, 0.15) is 0 Å². The third-order valence-corrected chi connectivity index (χ3v) is 3.45. The summed E-state index contributed by atoms with van der Waals surface area (Å²) in [4.78, 5) is 6.89. The van der Waals surface area contributed by atoms with Gasteiger partial charge in [-0.2, -0.15) is 0 Å². The van der Waals surface area contributed by atoms with Crippen molar-refractivity contribution in [2.45, 2.75) is 0 Å². The molecule has 62 valence electrons. The smallest absolute Gasteiger partial charge is 0.155 e. The first kappa shape index (κ1) is 8.67. The van der Waals surface area contributed by atoms with Gasteiger partial charge in [0.1, 0.15) is 5.65 Å². The summed E-state index contributed by atoms with van der Waals surface area (Å²) in [5.74, 6) is -0.263. The number of hydrogen-bond donors (Lipinski definition) is 1. The first-order valence-corrected chi connectivity index (χ1v) is 5.32. The molecule has 0 aliphatic heterocycles. The molecule has 5 heteroatoms. The number of aromatic amines is 1. The van der Waals surface area contributed by atoms with Crippen molar-refractivity contribution in [2.24, 2.45) is 0 Å². The van der Waals surface area contributed by atoms with Crippen LogP contribution in [0, 0.1) is 13.0 Å². The predicted molar refractivity (Wildman–Crippen MR) is 61.5 cm³/mol. The van der Waals surface area contributed by atoms with Gasteiger partial charge in [0.2, 0.25) is 0 Å². The molecule has 0 bridgehead atoms. The SMILES string of the molecule is Fc1cnc2[nH]cc(I)c2c1I. The van der Waals surface area contributed by atoms with Crippen LogP contribution in [-0.2, 0) is 0 Å². The molecule has 0 atom stereocenters. The number of aromatic nitrogens is 2. The Morgan fingerprint density at radius 1 is 1.42 bits per heavy atom. The van der Waals surface area contributed by atoms with Gasteiger partial charge in [-0.05, 0) is 45.2 Å². The van der Waals surface area contributed by atoms with Crippen LogP contribution in [0.3, 0.4) is 0 Å². The molecule has 2 rings (SSSR count). The van der Waals surface area contributed by atoms with Crippen LogP contribution in [0.2, 0.25) is 0 Å². The van der Waals surface area contributed by atoms with Crippen LogP contribution < -0.4 is 0 Å². The fourth-order valence-corrected chi connectivity index (χ4v) is 2.88. The molecule has 0 spiro atoms. The van der Waals surface area contributed by atoms with Crippen LogP contribution in [0.4, 0.5) is 4.39 Å². The molecule has 2 nitrogen and oxygen atoms in total. The average molecular weight is 388 g/mol. The Bertz CT molecular complexity index is 438. The molecule has 0 unspecified atom stereocenters. The molecule has 2 aromatic rings. The lowest BCUT2D eigenvalue weighted by atomic mass is 10.3. The van der Waals surface area contributed by atoms with E-state index in [2.05, 4.69) is 32.6 Å². The molecule has 2 aromatic heterocycles. The first-order valence-electron chi connectivity index (χ1n) is 3.16. The van der Waals surface area contributed by atoms with Gasteiger partial charge in [-0.1, -0.05) is 0 Å². The molecular weight excluding hydrogens is 385 g/mol. The van der Waals surface area contributed by atoms with E-state index in [-0.39, 0.29) is 5.82 Å². The Hall–Kier alpha value is 0.0800. The van der Waals surface area contributed by atoms with Gasteiger partial charge in [0, 0.05) is 15.2 Å². The number of halogens is 3. The Morgan fingerprint density at radius 2 is 2.17 bits per heavy atom. The maximum absolute atomic E-state index is 13.0. The summed E-state index contributed by atoms with van der Waals surface area (Å²) in [7, 11) is 0. The lowest BCUT2D eigenvalue weighted by Gasteiger charge is -1.95. The van der Waals surface area contributed by atoms with E-state index in [0.29, 0.717) is 3.57 Å². The van der Waals surface area contributed by atoms with Gasteiger partial charge < -0.3 is 4.98 Å². The molecule has 0 radical (unpaired) electrons. The molecule has 0 amide bonds. The van der Waals surface area contributed by atoms with E-state index in [1.54, 1.807) is 0 Å². The number of hydrogen-bond acceptors (Lipinski definition) is 1. The number of nitrogens with one attached hydrogen (secondary N) is 1. The third kappa shape index (κ3) is 1.22. The summed E-state index contributed by atoms with van der Waals surface area (Å²) in [5, 5.41) is 0.871. The van der Waals surface area contributed by atoms with Gasteiger partial charge in [0.25, 0.3) is 0 Å². The molecule has 0 saturated heterocycles. The van der Waals surface area contributed by atoms with E-state index in [0.717, 1.165) is 14.6 Å². The van der Waals surface area contributed by atoms with Crippen molar-refractivity contribution in [3.05, 3.63) is 25.4 Å². The minimum atomic E-state index is -0.263. The van der Waals surface area contributed by atoms with Gasteiger partial charge in [-0.15, -0.1) is 0 Å². The highest BCUT2D eigenvalue weighted by molar-refractivity contribution is 14.1. The monoisotopic (exact) mass is 388 g/mol. The van der Waals surface area contributed by atoms with Crippen LogP contribution >= 0.6 is 45.2 Å². The van der Waals surface area contributed by atoms with Gasteiger partial charge in [-0.3, -0.25) is 0 Å². The molecule has 2 heterocycles. The summed E-state index contributed by atoms with van der Waals surface area (Å²) in [6, 6.07) is 0. The van der Waals surface area contributed by atoms with Gasteiger partial charge in [0.15, 0.2) is 5.82 Å². The van der Waals surface area contributed by atoms with E-state index in [4.69, 9.17) is 0 Å². The van der Waals surface area contributed by atoms with Crippen LogP contribution in [0.25, 0.3) is 11.0 Å². The number of H-pyrrole nitrogens is 1. The molecule has 0 aliphatic rings. The molecule has 0 aromatic carbocycles. The van der Waals surface area contributed by atoms with Crippen molar-refractivity contribution in [2.75, 3.05) is 0 Å². The summed E-state index contributed by atoms with van der Waals surface area (Å²) >= 11 is 4.14. The highest BCUT2D eigenvalue weighted by Crippen LogP contribution is 2.25. The Balaban J connectivity index is 2.96. The molecule has 0 saturated carbocycles. The third-order valence-electron chi connectivity index (χ3n) is 1.55. The predicted octanol–water partition coefficient (Wildman–Crippen LogP) is 2.91. The topological polar surface area (TPSA) is 28.7 Å². The normalized spacial score (nSPS) is 10.9. The van der Waals surface area contributed by atoms with Crippen LogP contribution in [0.15, 0.2) is 12.4 Å². The minimum Gasteiger partial charge on any atom is -0.345 e. The molecule has 0 fully saturated rings. The minimum absolute atomic E-state index is 0.263. The molecule has 12 heavy (non-hydrogen) atoms. The maximum Gasteiger partial charge on any atom is 0.155 e. The van der Waals surface area contributed by atoms with Gasteiger partial charge in [-0.25, -0.2) is 9.37 Å². The zero-order chi connectivity index (χ0) is 8.72. The molecule has 1 N–H and O–H groups in total. The van der Waals surface area contributed by atoms with E-state index in [9.17, 15) is 4.39 Å². The van der Waals surface area contributed by atoms with E-state index >= 15 is 0 Å². The van der Waals surface area contributed by atoms with E-state index < -0.39 is 0 Å². The van der Waals surface area contributed by atoms with Gasteiger partial charge in [0.05, 0.1) is 9.77 Å². The first-order chi connectivity index (χ1) is 5.70. The number of nitrogens with zero attached hydrogens (tertiary/aromatic N) is 1. The van der Waals surface area contributed by atoms with Crippen LogP contribution in [-0.4, -0.2) is 9.97 Å². The Labute approximate surface area is 95.2 Å². The average Bonchev–Trinajstić information content (AvgIpc) is 2.41. The van der Waals surface area contributed by atoms with Crippen molar-refractivity contribution < 1.29 is 4.39 Å². The second kappa shape index (κ2) is 3.09. The summed E-state index contributed by atoms with van der Waals surface area (Å²) in [6.45, 7) is 0. The quantitative estimate of drug-likeness (QED) is 0.692. The Kier molecular flexibility index (Phi) is 2.23. The second-order valence-electron chi connectivity index (χ2n) is 2.28. The summed E-state index contributed by atoms with van der Waals surface area (Å²) in [5.41, 5.74) is 0.741. The Morgan fingerprint density at radius 3 is 2.92 bits per heavy atom. The highest BCUT2D eigenvalue weighted by Gasteiger charge is 2.09. The van der Waals surface area contributed by atoms with Crippen molar-refractivity contribution in [1.29, 1.82) is 0 Å². The zero-order valence-electron chi connectivity index (χ0n) is 5.74. The van der Waals surface area contributed by atoms with E-state index in [1.807, 2.05) is 28.8 Å². The van der Waals surface area contributed by atoms with Crippen molar-refractivity contribution in [1.82, 2.24) is 9.97 Å². The zero-order valence-corrected chi connectivity index (χ0v) is 10.1. The number of rotatable bonds is 0. The lowest BCUT2D eigenvalue weighted by Crippen LogP contribution is -1.86. The molecule has 0 aliphatic carbocycles. The van der Waals surface area contributed by atoms with Crippen LogP contribution in [0.5, 0.6) is 0 Å². The van der Waals surface area contributed by atoms with Crippen molar-refractivity contribution >= 4 is 56.2 Å². The van der Waals surface area contributed by atoms with Crippen molar-refractivity contribution in [3.8, 4) is 0 Å². The fraction of sp³-hybridized carbons (Fsp3) is 0. The number of fused-ring (bicyclic) bond motifs is 1. The second-order valence-corrected chi connectivity index (χ2v) is 4.52. The fourth-order valence-electron chi connectivity index (χ4n) is 0.997. The summed E-state index contributed by atoms with van der Waals surface area (Å²) in [6.07, 6.45) is 3.05.